The Labute approximate surface area is 133 Å². The maximum Gasteiger partial charge on any atom is 0.267 e. The largest absolute Gasteiger partial charge is 0.493 e. The van der Waals surface area contributed by atoms with Crippen molar-refractivity contribution >= 4 is 21.8 Å². The third-order valence-electron chi connectivity index (χ3n) is 2.85. The maximum atomic E-state index is 11.9. The minimum Gasteiger partial charge on any atom is -0.493 e. The summed E-state index contributed by atoms with van der Waals surface area (Å²) in [5.74, 6) is 1.23. The number of halogens is 1. The zero-order chi connectivity index (χ0) is 15.2. The maximum absolute atomic E-state index is 11.9. The van der Waals surface area contributed by atoms with Crippen LogP contribution in [0.1, 0.15) is 29.9 Å². The van der Waals surface area contributed by atoms with Crippen molar-refractivity contribution in [2.75, 3.05) is 6.61 Å². The summed E-state index contributed by atoms with van der Waals surface area (Å²) in [7, 11) is 0. The van der Waals surface area contributed by atoms with Gasteiger partial charge in [0, 0.05) is 17.2 Å². The van der Waals surface area contributed by atoms with Crippen LogP contribution >= 0.6 is 15.9 Å². The van der Waals surface area contributed by atoms with Crippen LogP contribution in [0.15, 0.2) is 41.0 Å². The van der Waals surface area contributed by atoms with Gasteiger partial charge in [-0.1, -0.05) is 26.0 Å². The van der Waals surface area contributed by atoms with E-state index in [1.54, 1.807) is 12.3 Å². The summed E-state index contributed by atoms with van der Waals surface area (Å²) in [6.45, 7) is 5.42. The standard InChI is InChI=1S/C16H19BrN2O2/c1-11(2)10-21-14-5-3-12(4-6-14)8-19-16(20)15-7-13(17)9-18-15/h3-7,9,11,18H,8,10H2,1-2H3,(H,19,20). The van der Waals surface area contributed by atoms with E-state index in [1.165, 1.54) is 0 Å². The second kappa shape index (κ2) is 7.31. The topological polar surface area (TPSA) is 54.1 Å². The van der Waals surface area contributed by atoms with Gasteiger partial charge in [0.2, 0.25) is 0 Å². The highest BCUT2D eigenvalue weighted by Crippen LogP contribution is 2.14. The van der Waals surface area contributed by atoms with E-state index in [2.05, 4.69) is 40.1 Å². The third-order valence-corrected chi connectivity index (χ3v) is 3.31. The van der Waals surface area contributed by atoms with Crippen LogP contribution in [0.3, 0.4) is 0 Å². The van der Waals surface area contributed by atoms with Crippen molar-refractivity contribution in [1.29, 1.82) is 0 Å². The summed E-state index contributed by atoms with van der Waals surface area (Å²) >= 11 is 3.30. The van der Waals surface area contributed by atoms with Crippen LogP contribution in [0, 0.1) is 5.92 Å². The molecule has 2 rings (SSSR count). The van der Waals surface area contributed by atoms with E-state index < -0.39 is 0 Å². The molecule has 2 N–H and O–H groups in total. The second-order valence-electron chi connectivity index (χ2n) is 5.26. The summed E-state index contributed by atoms with van der Waals surface area (Å²) in [5, 5.41) is 2.87. The van der Waals surface area contributed by atoms with E-state index in [4.69, 9.17) is 4.74 Å². The fraction of sp³-hybridized carbons (Fsp3) is 0.312. The van der Waals surface area contributed by atoms with E-state index >= 15 is 0 Å². The first-order valence-corrected chi connectivity index (χ1v) is 7.68. The number of aromatic nitrogens is 1. The molecule has 5 heteroatoms. The monoisotopic (exact) mass is 350 g/mol. The van der Waals surface area contributed by atoms with E-state index in [9.17, 15) is 4.79 Å². The number of benzene rings is 1. The van der Waals surface area contributed by atoms with Crippen molar-refractivity contribution in [3.8, 4) is 5.75 Å². The summed E-state index contributed by atoms with van der Waals surface area (Å²) in [6.07, 6.45) is 1.73. The minimum absolute atomic E-state index is 0.124. The van der Waals surface area contributed by atoms with Gasteiger partial charge in [-0.05, 0) is 45.6 Å². The average molecular weight is 351 g/mol. The normalized spacial score (nSPS) is 10.7. The molecular weight excluding hydrogens is 332 g/mol. The van der Waals surface area contributed by atoms with Crippen molar-refractivity contribution in [2.24, 2.45) is 5.92 Å². The Balaban J connectivity index is 1.84. The Morgan fingerprint density at radius 2 is 2.05 bits per heavy atom. The molecule has 0 aliphatic carbocycles. The van der Waals surface area contributed by atoms with Crippen LogP contribution < -0.4 is 10.1 Å². The van der Waals surface area contributed by atoms with Crippen molar-refractivity contribution in [2.45, 2.75) is 20.4 Å². The summed E-state index contributed by atoms with van der Waals surface area (Å²) < 4.78 is 6.48. The van der Waals surface area contributed by atoms with Crippen molar-refractivity contribution in [1.82, 2.24) is 10.3 Å². The molecule has 2 aromatic rings. The number of ether oxygens (including phenoxy) is 1. The van der Waals surface area contributed by atoms with Crippen molar-refractivity contribution in [3.63, 3.8) is 0 Å². The van der Waals surface area contributed by atoms with Gasteiger partial charge in [-0.15, -0.1) is 0 Å². The van der Waals surface area contributed by atoms with Crippen LogP contribution in [0.2, 0.25) is 0 Å². The number of H-pyrrole nitrogens is 1. The molecule has 112 valence electrons. The quantitative estimate of drug-likeness (QED) is 0.833. The van der Waals surface area contributed by atoms with Gasteiger partial charge in [0.25, 0.3) is 5.91 Å². The molecule has 0 spiro atoms. The molecule has 0 atom stereocenters. The van der Waals surface area contributed by atoms with Crippen molar-refractivity contribution in [3.05, 3.63) is 52.3 Å². The Kier molecular flexibility index (Phi) is 5.44. The first-order valence-electron chi connectivity index (χ1n) is 6.88. The summed E-state index contributed by atoms with van der Waals surface area (Å²) in [6, 6.07) is 9.52. The Bertz CT molecular complexity index is 591. The number of amides is 1. The lowest BCUT2D eigenvalue weighted by atomic mass is 10.2. The van der Waals surface area contributed by atoms with Gasteiger partial charge in [-0.3, -0.25) is 4.79 Å². The number of carbonyl (C=O) groups excluding carboxylic acids is 1. The fourth-order valence-electron chi connectivity index (χ4n) is 1.74. The minimum atomic E-state index is -0.124. The lowest BCUT2D eigenvalue weighted by molar-refractivity contribution is 0.0946. The SMILES string of the molecule is CC(C)COc1ccc(CNC(=O)c2cc(Br)c[nH]2)cc1. The zero-order valence-corrected chi connectivity index (χ0v) is 13.7. The van der Waals surface area contributed by atoms with Gasteiger partial charge in [0.1, 0.15) is 11.4 Å². The van der Waals surface area contributed by atoms with E-state index in [1.807, 2.05) is 24.3 Å². The molecule has 1 aromatic carbocycles. The molecule has 1 heterocycles. The van der Waals surface area contributed by atoms with E-state index in [0.29, 0.717) is 24.8 Å². The molecule has 0 fully saturated rings. The predicted molar refractivity (Wildman–Crippen MR) is 86.4 cm³/mol. The number of rotatable bonds is 6. The highest BCUT2D eigenvalue weighted by Gasteiger charge is 2.07. The van der Waals surface area contributed by atoms with Gasteiger partial charge >= 0.3 is 0 Å². The molecule has 0 unspecified atom stereocenters. The third kappa shape index (κ3) is 4.93. The molecule has 0 aliphatic heterocycles. The first kappa shape index (κ1) is 15.6. The fourth-order valence-corrected chi connectivity index (χ4v) is 2.09. The molecule has 21 heavy (non-hydrogen) atoms. The molecule has 0 saturated heterocycles. The van der Waals surface area contributed by atoms with Gasteiger partial charge < -0.3 is 15.0 Å². The lowest BCUT2D eigenvalue weighted by Gasteiger charge is -2.09. The molecule has 0 bridgehead atoms. The number of carbonyl (C=O) groups is 1. The van der Waals surface area contributed by atoms with Crippen LogP contribution in [0.5, 0.6) is 5.75 Å². The smallest absolute Gasteiger partial charge is 0.267 e. The average Bonchev–Trinajstić information content (AvgIpc) is 2.90. The van der Waals surface area contributed by atoms with E-state index in [-0.39, 0.29) is 5.91 Å². The lowest BCUT2D eigenvalue weighted by Crippen LogP contribution is -2.22. The van der Waals surface area contributed by atoms with Crippen molar-refractivity contribution < 1.29 is 9.53 Å². The van der Waals surface area contributed by atoms with E-state index in [0.717, 1.165) is 15.8 Å². The van der Waals surface area contributed by atoms with Gasteiger partial charge in [-0.25, -0.2) is 0 Å². The molecule has 1 amide bonds. The molecule has 0 saturated carbocycles. The highest BCUT2D eigenvalue weighted by molar-refractivity contribution is 9.10. The highest BCUT2D eigenvalue weighted by atomic mass is 79.9. The molecular formula is C16H19BrN2O2. The van der Waals surface area contributed by atoms with Crippen LogP contribution in [0.4, 0.5) is 0 Å². The Morgan fingerprint density at radius 3 is 2.62 bits per heavy atom. The summed E-state index contributed by atoms with van der Waals surface area (Å²) in [4.78, 5) is 14.8. The van der Waals surface area contributed by atoms with Gasteiger partial charge in [0.15, 0.2) is 0 Å². The zero-order valence-electron chi connectivity index (χ0n) is 12.2. The molecule has 1 aromatic heterocycles. The number of nitrogens with one attached hydrogen (secondary N) is 2. The van der Waals surface area contributed by atoms with Crippen LogP contribution in [0.25, 0.3) is 0 Å². The Hall–Kier alpha value is -1.75. The predicted octanol–water partition coefficient (Wildman–Crippen LogP) is 3.74. The van der Waals surface area contributed by atoms with Gasteiger partial charge in [0.05, 0.1) is 6.61 Å². The molecule has 0 radical (unpaired) electrons. The van der Waals surface area contributed by atoms with Crippen LogP contribution in [-0.2, 0) is 6.54 Å². The summed E-state index contributed by atoms with van der Waals surface area (Å²) in [5.41, 5.74) is 1.57. The number of hydrogen-bond donors (Lipinski definition) is 2. The second-order valence-corrected chi connectivity index (χ2v) is 6.18. The Morgan fingerprint density at radius 1 is 1.33 bits per heavy atom. The molecule has 4 nitrogen and oxygen atoms in total. The van der Waals surface area contributed by atoms with Gasteiger partial charge in [-0.2, -0.15) is 0 Å². The van der Waals surface area contributed by atoms with Crippen LogP contribution in [-0.4, -0.2) is 17.5 Å². The molecule has 0 aliphatic rings. The number of hydrogen-bond acceptors (Lipinski definition) is 2. The first-order chi connectivity index (χ1) is 10.0. The number of aromatic amines is 1.